The predicted octanol–water partition coefficient (Wildman–Crippen LogP) is 3.05. The van der Waals surface area contributed by atoms with Crippen molar-refractivity contribution in [3.05, 3.63) is 61.2 Å². The quantitative estimate of drug-likeness (QED) is 0.615. The number of carbonyl (C=O) groups is 1. The molecule has 7 nitrogen and oxygen atoms in total. The van der Waals surface area contributed by atoms with Crippen LogP contribution in [-0.2, 0) is 14.8 Å². The normalized spacial score (nSPS) is 10.8. The summed E-state index contributed by atoms with van der Waals surface area (Å²) in [6, 6.07) is 13.4. The minimum Gasteiger partial charge on any atom is -0.494 e. The number of rotatable bonds is 10. The third-order valence-corrected chi connectivity index (χ3v) is 4.73. The van der Waals surface area contributed by atoms with Crippen molar-refractivity contribution in [3.8, 4) is 11.5 Å². The first-order chi connectivity index (χ1) is 13.3. The van der Waals surface area contributed by atoms with Crippen molar-refractivity contribution >= 4 is 27.3 Å². The molecule has 2 aromatic carbocycles. The Hall–Kier alpha value is -3.00. The molecule has 0 aliphatic heterocycles. The van der Waals surface area contributed by atoms with Crippen LogP contribution in [0.25, 0.3) is 0 Å². The Kier molecular flexibility index (Phi) is 7.45. The van der Waals surface area contributed by atoms with Crippen LogP contribution in [0.4, 0.5) is 11.4 Å². The lowest BCUT2D eigenvalue weighted by molar-refractivity contribution is -0.114. The van der Waals surface area contributed by atoms with E-state index >= 15 is 0 Å². The van der Waals surface area contributed by atoms with Gasteiger partial charge in [0, 0.05) is 17.8 Å². The average molecular weight is 404 g/mol. The standard InChI is InChI=1S/C20H24N2O5S/c1-4-12-27-18-10-6-8-16(13-18)21-20(23)15-22(28(3,24)25)17-9-7-11-19(14-17)26-5-2/h4,6-11,13-14H,1,5,12,15H2,2-3H3,(H,21,23). The van der Waals surface area contributed by atoms with E-state index in [2.05, 4.69) is 11.9 Å². The lowest BCUT2D eigenvalue weighted by atomic mass is 10.3. The van der Waals surface area contributed by atoms with Gasteiger partial charge in [0.1, 0.15) is 24.7 Å². The maximum absolute atomic E-state index is 12.5. The van der Waals surface area contributed by atoms with Gasteiger partial charge in [0.05, 0.1) is 18.6 Å². The second kappa shape index (κ2) is 9.80. The number of carbonyl (C=O) groups excluding carboxylic acids is 1. The number of ether oxygens (including phenoxy) is 2. The maximum atomic E-state index is 12.5. The monoisotopic (exact) mass is 404 g/mol. The lowest BCUT2D eigenvalue weighted by Crippen LogP contribution is -2.37. The fourth-order valence-electron chi connectivity index (χ4n) is 2.44. The number of amides is 1. The van der Waals surface area contributed by atoms with Crippen molar-refractivity contribution in [2.24, 2.45) is 0 Å². The van der Waals surface area contributed by atoms with Gasteiger partial charge in [-0.2, -0.15) is 0 Å². The van der Waals surface area contributed by atoms with Gasteiger partial charge >= 0.3 is 0 Å². The van der Waals surface area contributed by atoms with Crippen LogP contribution in [0.15, 0.2) is 61.2 Å². The van der Waals surface area contributed by atoms with Gasteiger partial charge in [-0.3, -0.25) is 9.10 Å². The zero-order valence-electron chi connectivity index (χ0n) is 15.9. The van der Waals surface area contributed by atoms with Gasteiger partial charge in [-0.15, -0.1) is 0 Å². The summed E-state index contributed by atoms with van der Waals surface area (Å²) < 4.78 is 36.3. The summed E-state index contributed by atoms with van der Waals surface area (Å²) in [4.78, 5) is 12.5. The Balaban J connectivity index is 2.16. The molecule has 0 bridgehead atoms. The second-order valence-corrected chi connectivity index (χ2v) is 7.78. The van der Waals surface area contributed by atoms with Gasteiger partial charge in [-0.1, -0.05) is 24.8 Å². The molecule has 0 aromatic heterocycles. The van der Waals surface area contributed by atoms with Crippen molar-refractivity contribution in [3.63, 3.8) is 0 Å². The summed E-state index contributed by atoms with van der Waals surface area (Å²) >= 11 is 0. The molecule has 8 heteroatoms. The van der Waals surface area contributed by atoms with Crippen LogP contribution in [0.3, 0.4) is 0 Å². The van der Waals surface area contributed by atoms with Crippen LogP contribution in [0, 0.1) is 0 Å². The van der Waals surface area contributed by atoms with Crippen LogP contribution in [0.2, 0.25) is 0 Å². The van der Waals surface area contributed by atoms with Gasteiger partial charge < -0.3 is 14.8 Å². The second-order valence-electron chi connectivity index (χ2n) is 5.88. The fourth-order valence-corrected chi connectivity index (χ4v) is 3.29. The van der Waals surface area contributed by atoms with Crippen molar-refractivity contribution in [1.29, 1.82) is 0 Å². The van der Waals surface area contributed by atoms with E-state index < -0.39 is 15.9 Å². The van der Waals surface area contributed by atoms with Crippen LogP contribution < -0.4 is 19.1 Å². The Labute approximate surface area is 165 Å². The average Bonchev–Trinajstić information content (AvgIpc) is 2.64. The SMILES string of the molecule is C=CCOc1cccc(NC(=O)CN(c2cccc(OCC)c2)S(C)(=O)=O)c1. The van der Waals surface area contributed by atoms with Gasteiger partial charge in [0.25, 0.3) is 0 Å². The van der Waals surface area contributed by atoms with Crippen LogP contribution in [0.5, 0.6) is 11.5 Å². The van der Waals surface area contributed by atoms with Gasteiger partial charge in [0.2, 0.25) is 15.9 Å². The molecule has 0 aliphatic rings. The van der Waals surface area contributed by atoms with Crippen molar-refractivity contribution in [1.82, 2.24) is 0 Å². The molecular weight excluding hydrogens is 380 g/mol. The first-order valence-corrected chi connectivity index (χ1v) is 10.5. The fraction of sp³-hybridized carbons (Fsp3) is 0.250. The minimum absolute atomic E-state index is 0.343. The molecule has 0 saturated heterocycles. The first-order valence-electron chi connectivity index (χ1n) is 8.67. The van der Waals surface area contributed by atoms with E-state index in [-0.39, 0.29) is 6.54 Å². The Bertz CT molecular complexity index is 928. The molecular formula is C20H24N2O5S. The molecule has 2 rings (SSSR count). The van der Waals surface area contributed by atoms with E-state index in [1.54, 1.807) is 54.6 Å². The van der Waals surface area contributed by atoms with Crippen molar-refractivity contribution in [2.75, 3.05) is 35.6 Å². The summed E-state index contributed by atoms with van der Waals surface area (Å²) in [5.41, 5.74) is 0.856. The highest BCUT2D eigenvalue weighted by Crippen LogP contribution is 2.24. The van der Waals surface area contributed by atoms with Gasteiger partial charge in [-0.25, -0.2) is 8.42 Å². The number of benzene rings is 2. The van der Waals surface area contributed by atoms with E-state index in [1.807, 2.05) is 6.92 Å². The zero-order valence-corrected chi connectivity index (χ0v) is 16.7. The Morgan fingerprint density at radius 2 is 1.82 bits per heavy atom. The number of anilines is 2. The summed E-state index contributed by atoms with van der Waals surface area (Å²) in [6.45, 7) is 5.84. The molecule has 0 aliphatic carbocycles. The highest BCUT2D eigenvalue weighted by atomic mass is 32.2. The van der Waals surface area contributed by atoms with E-state index in [0.29, 0.717) is 36.1 Å². The molecule has 0 atom stereocenters. The summed E-state index contributed by atoms with van der Waals surface area (Å²) in [5, 5.41) is 2.69. The maximum Gasteiger partial charge on any atom is 0.245 e. The number of hydrogen-bond acceptors (Lipinski definition) is 5. The third kappa shape index (κ3) is 6.31. The third-order valence-electron chi connectivity index (χ3n) is 3.59. The van der Waals surface area contributed by atoms with E-state index in [9.17, 15) is 13.2 Å². The van der Waals surface area contributed by atoms with E-state index in [1.165, 1.54) is 0 Å². The van der Waals surface area contributed by atoms with E-state index in [4.69, 9.17) is 9.47 Å². The first kappa shape index (κ1) is 21.3. The topological polar surface area (TPSA) is 84.9 Å². The van der Waals surface area contributed by atoms with Gasteiger partial charge in [0.15, 0.2) is 0 Å². The molecule has 0 spiro atoms. The number of nitrogens with one attached hydrogen (secondary N) is 1. The molecule has 150 valence electrons. The summed E-state index contributed by atoms with van der Waals surface area (Å²) in [7, 11) is -3.68. The molecule has 0 radical (unpaired) electrons. The smallest absolute Gasteiger partial charge is 0.245 e. The number of sulfonamides is 1. The van der Waals surface area contributed by atoms with Crippen molar-refractivity contribution in [2.45, 2.75) is 6.92 Å². The van der Waals surface area contributed by atoms with Crippen LogP contribution >= 0.6 is 0 Å². The molecule has 0 unspecified atom stereocenters. The predicted molar refractivity (Wildman–Crippen MR) is 111 cm³/mol. The zero-order chi connectivity index (χ0) is 20.6. The summed E-state index contributed by atoms with van der Waals surface area (Å²) in [6.07, 6.45) is 2.67. The lowest BCUT2D eigenvalue weighted by Gasteiger charge is -2.22. The molecule has 1 amide bonds. The molecule has 28 heavy (non-hydrogen) atoms. The van der Waals surface area contributed by atoms with Crippen molar-refractivity contribution < 1.29 is 22.7 Å². The highest BCUT2D eigenvalue weighted by molar-refractivity contribution is 7.92. The Morgan fingerprint density at radius 3 is 2.46 bits per heavy atom. The number of nitrogens with zero attached hydrogens (tertiary/aromatic N) is 1. The summed E-state index contributed by atoms with van der Waals surface area (Å²) in [5.74, 6) is 0.622. The molecule has 1 N–H and O–H groups in total. The highest BCUT2D eigenvalue weighted by Gasteiger charge is 2.21. The molecule has 2 aromatic rings. The van der Waals surface area contributed by atoms with Crippen LogP contribution in [0.1, 0.15) is 6.92 Å². The minimum atomic E-state index is -3.68. The van der Waals surface area contributed by atoms with Gasteiger partial charge in [-0.05, 0) is 31.2 Å². The number of hydrogen-bond donors (Lipinski definition) is 1. The molecule has 0 heterocycles. The van der Waals surface area contributed by atoms with E-state index in [0.717, 1.165) is 10.6 Å². The Morgan fingerprint density at radius 1 is 1.14 bits per heavy atom. The largest absolute Gasteiger partial charge is 0.494 e. The van der Waals surface area contributed by atoms with Crippen LogP contribution in [-0.4, -0.2) is 40.3 Å². The molecule has 0 fully saturated rings. The molecule has 0 saturated carbocycles.